The lowest BCUT2D eigenvalue weighted by atomic mass is 10.1. The Morgan fingerprint density at radius 2 is 2.12 bits per heavy atom. The summed E-state index contributed by atoms with van der Waals surface area (Å²) in [5.41, 5.74) is 1.87. The van der Waals surface area contributed by atoms with Crippen molar-refractivity contribution in [2.75, 3.05) is 13.7 Å². The number of carbonyl (C=O) groups is 1. The van der Waals surface area contributed by atoms with Gasteiger partial charge < -0.3 is 4.74 Å². The van der Waals surface area contributed by atoms with Crippen LogP contribution >= 0.6 is 0 Å². The smallest absolute Gasteiger partial charge is 0.346 e. The van der Waals surface area contributed by atoms with Crippen LogP contribution in [0.2, 0.25) is 0 Å². The van der Waals surface area contributed by atoms with Gasteiger partial charge in [0.1, 0.15) is 5.75 Å². The fourth-order valence-corrected chi connectivity index (χ4v) is 1.30. The van der Waals surface area contributed by atoms with E-state index >= 15 is 0 Å². The van der Waals surface area contributed by atoms with Gasteiger partial charge in [0.15, 0.2) is 0 Å². The lowest BCUT2D eigenvalue weighted by molar-refractivity contribution is -0.268. The van der Waals surface area contributed by atoms with Crippen LogP contribution in [0.25, 0.3) is 0 Å². The molecule has 88 valence electrons. The maximum Gasteiger partial charge on any atom is 0.346 e. The average molecular weight is 224 g/mol. The molecular formula is C12H16O4. The van der Waals surface area contributed by atoms with Crippen molar-refractivity contribution in [3.63, 3.8) is 0 Å². The van der Waals surface area contributed by atoms with Crippen molar-refractivity contribution in [3.8, 4) is 5.75 Å². The molecule has 0 aliphatic heterocycles. The number of carbonyl (C=O) groups excluding carboxylic acids is 1. The third-order valence-electron chi connectivity index (χ3n) is 2.09. The Labute approximate surface area is 95.1 Å². The topological polar surface area (TPSA) is 44.8 Å². The molecule has 0 aliphatic carbocycles. The molecule has 0 saturated heterocycles. The van der Waals surface area contributed by atoms with Gasteiger partial charge in [-0.2, -0.15) is 4.89 Å². The SMILES string of the molecule is CCOOC(=O)Cc1ccc(C)c(OC)c1. The Bertz CT molecular complexity index is 360. The minimum Gasteiger partial charge on any atom is -0.496 e. The van der Waals surface area contributed by atoms with E-state index in [1.165, 1.54) is 0 Å². The molecule has 1 aromatic rings. The van der Waals surface area contributed by atoms with Crippen LogP contribution in [0.4, 0.5) is 0 Å². The molecule has 1 aromatic carbocycles. The molecule has 4 heteroatoms. The Hall–Kier alpha value is -1.55. The molecule has 4 nitrogen and oxygen atoms in total. The summed E-state index contributed by atoms with van der Waals surface area (Å²) < 4.78 is 5.16. The van der Waals surface area contributed by atoms with E-state index in [1.807, 2.05) is 25.1 Å². The van der Waals surface area contributed by atoms with Gasteiger partial charge in [-0.25, -0.2) is 4.79 Å². The third kappa shape index (κ3) is 3.55. The molecule has 0 aliphatic rings. The van der Waals surface area contributed by atoms with E-state index in [-0.39, 0.29) is 6.42 Å². The number of aryl methyl sites for hydroxylation is 1. The van der Waals surface area contributed by atoms with Gasteiger partial charge in [-0.15, -0.1) is 0 Å². The minimum atomic E-state index is -0.409. The highest BCUT2D eigenvalue weighted by molar-refractivity contribution is 5.72. The first kappa shape index (κ1) is 12.5. The van der Waals surface area contributed by atoms with E-state index in [2.05, 4.69) is 9.78 Å². The summed E-state index contributed by atoms with van der Waals surface area (Å²) in [6, 6.07) is 5.59. The molecule has 0 N–H and O–H groups in total. The molecule has 0 bridgehead atoms. The molecular weight excluding hydrogens is 208 g/mol. The van der Waals surface area contributed by atoms with Crippen molar-refractivity contribution in [2.24, 2.45) is 0 Å². The zero-order valence-electron chi connectivity index (χ0n) is 9.78. The van der Waals surface area contributed by atoms with Gasteiger partial charge in [-0.05, 0) is 31.0 Å². The summed E-state index contributed by atoms with van der Waals surface area (Å²) in [7, 11) is 1.60. The van der Waals surface area contributed by atoms with E-state index < -0.39 is 5.97 Å². The van der Waals surface area contributed by atoms with Gasteiger partial charge in [0.2, 0.25) is 0 Å². The molecule has 0 spiro atoms. The Morgan fingerprint density at radius 3 is 2.75 bits per heavy atom. The van der Waals surface area contributed by atoms with Crippen molar-refractivity contribution in [2.45, 2.75) is 20.3 Å². The summed E-state index contributed by atoms with van der Waals surface area (Å²) in [4.78, 5) is 20.4. The maximum absolute atomic E-state index is 11.3. The Morgan fingerprint density at radius 1 is 1.38 bits per heavy atom. The lowest BCUT2D eigenvalue weighted by Crippen LogP contribution is -2.08. The highest BCUT2D eigenvalue weighted by atomic mass is 17.2. The van der Waals surface area contributed by atoms with Crippen molar-refractivity contribution in [1.29, 1.82) is 0 Å². The highest BCUT2D eigenvalue weighted by Gasteiger charge is 2.07. The second kappa shape index (κ2) is 6.12. The second-order valence-electron chi connectivity index (χ2n) is 3.34. The van der Waals surface area contributed by atoms with Crippen LogP contribution in [-0.2, 0) is 21.0 Å². The van der Waals surface area contributed by atoms with Gasteiger partial charge in [-0.3, -0.25) is 4.89 Å². The molecule has 0 saturated carbocycles. The van der Waals surface area contributed by atoms with Crippen molar-refractivity contribution < 1.29 is 19.3 Å². The number of hydrogen-bond donors (Lipinski definition) is 0. The van der Waals surface area contributed by atoms with E-state index in [9.17, 15) is 4.79 Å². The molecule has 0 unspecified atom stereocenters. The first-order chi connectivity index (χ1) is 7.67. The van der Waals surface area contributed by atoms with Gasteiger partial charge in [0.05, 0.1) is 20.1 Å². The van der Waals surface area contributed by atoms with Crippen molar-refractivity contribution in [1.82, 2.24) is 0 Å². The summed E-state index contributed by atoms with van der Waals surface area (Å²) >= 11 is 0. The van der Waals surface area contributed by atoms with Crippen LogP contribution in [0.5, 0.6) is 5.75 Å². The van der Waals surface area contributed by atoms with Crippen LogP contribution < -0.4 is 4.74 Å². The van der Waals surface area contributed by atoms with Crippen LogP contribution in [0.1, 0.15) is 18.1 Å². The van der Waals surface area contributed by atoms with Crippen LogP contribution in [0, 0.1) is 6.92 Å². The van der Waals surface area contributed by atoms with Crippen LogP contribution in [0.15, 0.2) is 18.2 Å². The number of rotatable bonds is 5. The maximum atomic E-state index is 11.3. The van der Waals surface area contributed by atoms with E-state index in [4.69, 9.17) is 4.74 Å². The summed E-state index contributed by atoms with van der Waals surface area (Å²) in [5, 5.41) is 0. The van der Waals surface area contributed by atoms with Gasteiger partial charge in [0, 0.05) is 0 Å². The fourth-order valence-electron chi connectivity index (χ4n) is 1.30. The lowest BCUT2D eigenvalue weighted by Gasteiger charge is -2.07. The van der Waals surface area contributed by atoms with Gasteiger partial charge in [-0.1, -0.05) is 12.1 Å². The van der Waals surface area contributed by atoms with Crippen molar-refractivity contribution in [3.05, 3.63) is 29.3 Å². The number of ether oxygens (including phenoxy) is 1. The van der Waals surface area contributed by atoms with E-state index in [1.54, 1.807) is 14.0 Å². The van der Waals surface area contributed by atoms with Crippen LogP contribution in [0.3, 0.4) is 0 Å². The molecule has 0 atom stereocenters. The summed E-state index contributed by atoms with van der Waals surface area (Å²) in [5.74, 6) is 0.356. The Kier molecular flexibility index (Phi) is 4.79. The number of benzene rings is 1. The van der Waals surface area contributed by atoms with Gasteiger partial charge >= 0.3 is 5.97 Å². The highest BCUT2D eigenvalue weighted by Crippen LogP contribution is 2.19. The monoisotopic (exact) mass is 224 g/mol. The van der Waals surface area contributed by atoms with E-state index in [0.717, 1.165) is 16.9 Å². The second-order valence-corrected chi connectivity index (χ2v) is 3.34. The van der Waals surface area contributed by atoms with E-state index in [0.29, 0.717) is 6.61 Å². The molecule has 0 heterocycles. The third-order valence-corrected chi connectivity index (χ3v) is 2.09. The molecule has 0 amide bonds. The normalized spacial score (nSPS) is 9.94. The summed E-state index contributed by atoms with van der Waals surface area (Å²) in [6.07, 6.45) is 0.177. The zero-order chi connectivity index (χ0) is 12.0. The average Bonchev–Trinajstić information content (AvgIpc) is 2.29. The standard InChI is InChI=1S/C12H16O4/c1-4-15-16-12(13)8-10-6-5-9(2)11(7-10)14-3/h5-7H,4,8H2,1-3H3. The predicted molar refractivity (Wildman–Crippen MR) is 59.2 cm³/mol. The zero-order valence-corrected chi connectivity index (χ0v) is 9.78. The summed E-state index contributed by atoms with van der Waals surface area (Å²) in [6.45, 7) is 4.05. The molecule has 0 fully saturated rings. The molecule has 0 aromatic heterocycles. The predicted octanol–water partition coefficient (Wildman–Crippen LogP) is 2.04. The Balaban J connectivity index is 2.63. The number of hydrogen-bond acceptors (Lipinski definition) is 4. The fraction of sp³-hybridized carbons (Fsp3) is 0.417. The molecule has 1 rings (SSSR count). The van der Waals surface area contributed by atoms with Crippen molar-refractivity contribution >= 4 is 5.97 Å². The molecule has 16 heavy (non-hydrogen) atoms. The van der Waals surface area contributed by atoms with Gasteiger partial charge in [0.25, 0.3) is 0 Å². The largest absolute Gasteiger partial charge is 0.496 e. The first-order valence-corrected chi connectivity index (χ1v) is 5.13. The van der Waals surface area contributed by atoms with Crippen LogP contribution in [-0.4, -0.2) is 19.7 Å². The number of methoxy groups -OCH3 is 1. The minimum absolute atomic E-state index is 0.177. The first-order valence-electron chi connectivity index (χ1n) is 5.13. The quantitative estimate of drug-likeness (QED) is 0.567. The molecule has 0 radical (unpaired) electrons.